The van der Waals surface area contributed by atoms with Crippen molar-refractivity contribution in [3.05, 3.63) is 34.6 Å². The number of hydrazine groups is 1. The Hall–Kier alpha value is -0.680. The number of benzene rings is 1. The highest BCUT2D eigenvalue weighted by Gasteiger charge is 2.11. The van der Waals surface area contributed by atoms with Gasteiger partial charge < -0.3 is 4.74 Å². The third-order valence-corrected chi connectivity index (χ3v) is 2.83. The number of nitrogens with one attached hydrogen (secondary N) is 1. The van der Waals surface area contributed by atoms with Gasteiger partial charge in [0.15, 0.2) is 0 Å². The number of ether oxygens (including phenoxy) is 1. The average Bonchev–Trinajstić information content (AvgIpc) is 2.32. The van der Waals surface area contributed by atoms with E-state index in [0.29, 0.717) is 25.3 Å². The average molecular weight is 245 g/mol. The first kappa shape index (κ1) is 11.8. The molecule has 0 amide bonds. The third kappa shape index (κ3) is 2.92. The van der Waals surface area contributed by atoms with Crippen LogP contribution < -0.4 is 5.43 Å². The quantitative estimate of drug-likeness (QED) is 0.878. The SMILES string of the molecule is Fc1c(Cl)cccc1CNN1CCOCC1. The molecule has 1 aromatic rings. The van der Waals surface area contributed by atoms with E-state index in [1.807, 2.05) is 5.01 Å². The van der Waals surface area contributed by atoms with Crippen LogP contribution in [0, 0.1) is 5.82 Å². The maximum absolute atomic E-state index is 13.5. The van der Waals surface area contributed by atoms with E-state index in [0.717, 1.165) is 13.1 Å². The summed E-state index contributed by atoms with van der Waals surface area (Å²) in [5, 5.41) is 2.20. The van der Waals surface area contributed by atoms with Crippen molar-refractivity contribution >= 4 is 11.6 Å². The Kier molecular flexibility index (Phi) is 4.12. The summed E-state index contributed by atoms with van der Waals surface area (Å²) in [6.07, 6.45) is 0. The van der Waals surface area contributed by atoms with Crippen molar-refractivity contribution in [3.8, 4) is 0 Å². The molecule has 0 atom stereocenters. The van der Waals surface area contributed by atoms with Crippen molar-refractivity contribution in [2.24, 2.45) is 0 Å². The summed E-state index contributed by atoms with van der Waals surface area (Å²) < 4.78 is 18.8. The molecule has 1 fully saturated rings. The van der Waals surface area contributed by atoms with Gasteiger partial charge in [-0.25, -0.2) is 9.40 Å². The third-order valence-electron chi connectivity index (χ3n) is 2.54. The van der Waals surface area contributed by atoms with Crippen molar-refractivity contribution in [1.29, 1.82) is 0 Å². The lowest BCUT2D eigenvalue weighted by Gasteiger charge is -2.27. The smallest absolute Gasteiger partial charge is 0.146 e. The second kappa shape index (κ2) is 5.59. The molecule has 0 radical (unpaired) electrons. The first-order chi connectivity index (χ1) is 7.77. The Labute approximate surface area is 99.1 Å². The van der Waals surface area contributed by atoms with E-state index in [9.17, 15) is 4.39 Å². The van der Waals surface area contributed by atoms with E-state index in [1.54, 1.807) is 18.2 Å². The minimum Gasteiger partial charge on any atom is -0.379 e. The van der Waals surface area contributed by atoms with Gasteiger partial charge in [-0.3, -0.25) is 5.43 Å². The maximum atomic E-state index is 13.5. The molecule has 0 bridgehead atoms. The highest BCUT2D eigenvalue weighted by Crippen LogP contribution is 2.17. The van der Waals surface area contributed by atoms with Crippen molar-refractivity contribution in [3.63, 3.8) is 0 Å². The zero-order valence-corrected chi connectivity index (χ0v) is 9.63. The Balaban J connectivity index is 1.91. The van der Waals surface area contributed by atoms with E-state index in [1.165, 1.54) is 0 Å². The van der Waals surface area contributed by atoms with Gasteiger partial charge in [-0.2, -0.15) is 0 Å². The van der Waals surface area contributed by atoms with E-state index in [2.05, 4.69) is 5.43 Å². The molecule has 0 spiro atoms. The Bertz CT molecular complexity index is 356. The summed E-state index contributed by atoms with van der Waals surface area (Å²) in [5.74, 6) is -0.343. The molecule has 88 valence electrons. The van der Waals surface area contributed by atoms with Gasteiger partial charge in [0.05, 0.1) is 18.2 Å². The fourth-order valence-electron chi connectivity index (χ4n) is 1.60. The van der Waals surface area contributed by atoms with Crippen LogP contribution in [0.3, 0.4) is 0 Å². The minimum absolute atomic E-state index is 0.168. The maximum Gasteiger partial charge on any atom is 0.146 e. The predicted octanol–water partition coefficient (Wildman–Crippen LogP) is 1.82. The van der Waals surface area contributed by atoms with Gasteiger partial charge in [0.1, 0.15) is 5.82 Å². The molecule has 16 heavy (non-hydrogen) atoms. The molecule has 1 aromatic carbocycles. The molecule has 1 aliphatic rings. The number of hydrogen-bond acceptors (Lipinski definition) is 3. The van der Waals surface area contributed by atoms with Crippen LogP contribution in [0.4, 0.5) is 4.39 Å². The molecule has 0 unspecified atom stereocenters. The molecule has 1 aliphatic heterocycles. The predicted molar refractivity (Wildman–Crippen MR) is 60.6 cm³/mol. The molecule has 5 heteroatoms. The second-order valence-corrected chi connectivity index (χ2v) is 4.05. The van der Waals surface area contributed by atoms with Gasteiger partial charge in [-0.05, 0) is 6.07 Å². The van der Waals surface area contributed by atoms with Gasteiger partial charge >= 0.3 is 0 Å². The number of hydrogen-bond donors (Lipinski definition) is 1. The number of nitrogens with zero attached hydrogens (tertiary/aromatic N) is 1. The van der Waals surface area contributed by atoms with E-state index >= 15 is 0 Å². The van der Waals surface area contributed by atoms with Crippen molar-refractivity contribution in [1.82, 2.24) is 10.4 Å². The second-order valence-electron chi connectivity index (χ2n) is 3.65. The molecule has 2 rings (SSSR count). The molecule has 1 heterocycles. The molecule has 0 aromatic heterocycles. The zero-order valence-electron chi connectivity index (χ0n) is 8.88. The molecular weight excluding hydrogens is 231 g/mol. The normalized spacial score (nSPS) is 17.6. The molecule has 1 saturated heterocycles. The van der Waals surface area contributed by atoms with Gasteiger partial charge in [-0.15, -0.1) is 0 Å². The molecular formula is C11H14ClFN2O. The van der Waals surface area contributed by atoms with Crippen LogP contribution in [0.2, 0.25) is 5.02 Å². The van der Waals surface area contributed by atoms with Crippen LogP contribution in [-0.2, 0) is 11.3 Å². The van der Waals surface area contributed by atoms with Gasteiger partial charge in [0, 0.05) is 25.2 Å². The summed E-state index contributed by atoms with van der Waals surface area (Å²) in [6, 6.07) is 5.03. The number of halogens is 2. The van der Waals surface area contributed by atoms with Crippen molar-refractivity contribution in [2.75, 3.05) is 26.3 Å². The van der Waals surface area contributed by atoms with Crippen LogP contribution >= 0.6 is 11.6 Å². The van der Waals surface area contributed by atoms with Gasteiger partial charge in [0.25, 0.3) is 0 Å². The monoisotopic (exact) mass is 244 g/mol. The summed E-state index contributed by atoms with van der Waals surface area (Å²) in [4.78, 5) is 0. The lowest BCUT2D eigenvalue weighted by molar-refractivity contribution is 0.0104. The summed E-state index contributed by atoms with van der Waals surface area (Å²) in [7, 11) is 0. The summed E-state index contributed by atoms with van der Waals surface area (Å²) >= 11 is 5.70. The van der Waals surface area contributed by atoms with Crippen molar-refractivity contribution < 1.29 is 9.13 Å². The number of rotatable bonds is 3. The van der Waals surface area contributed by atoms with Gasteiger partial charge in [0.2, 0.25) is 0 Å². The Morgan fingerprint density at radius 2 is 2.12 bits per heavy atom. The van der Waals surface area contributed by atoms with Crippen LogP contribution in [0.1, 0.15) is 5.56 Å². The fourth-order valence-corrected chi connectivity index (χ4v) is 1.80. The molecule has 3 nitrogen and oxygen atoms in total. The first-order valence-corrected chi connectivity index (χ1v) is 5.64. The lowest BCUT2D eigenvalue weighted by Crippen LogP contribution is -2.45. The fraction of sp³-hybridized carbons (Fsp3) is 0.455. The highest BCUT2D eigenvalue weighted by atomic mass is 35.5. The Morgan fingerprint density at radius 3 is 2.88 bits per heavy atom. The standard InChI is InChI=1S/C11H14ClFN2O/c12-10-3-1-2-9(11(10)13)8-14-15-4-6-16-7-5-15/h1-3,14H,4-8H2. The minimum atomic E-state index is -0.343. The molecule has 1 N–H and O–H groups in total. The van der Waals surface area contributed by atoms with Crippen LogP contribution in [0.25, 0.3) is 0 Å². The van der Waals surface area contributed by atoms with Gasteiger partial charge in [-0.1, -0.05) is 23.7 Å². The lowest BCUT2D eigenvalue weighted by atomic mass is 10.2. The van der Waals surface area contributed by atoms with E-state index in [4.69, 9.17) is 16.3 Å². The first-order valence-electron chi connectivity index (χ1n) is 5.26. The van der Waals surface area contributed by atoms with Crippen LogP contribution in [-0.4, -0.2) is 31.3 Å². The Morgan fingerprint density at radius 1 is 1.38 bits per heavy atom. The van der Waals surface area contributed by atoms with E-state index < -0.39 is 0 Å². The highest BCUT2D eigenvalue weighted by molar-refractivity contribution is 6.30. The summed E-state index contributed by atoms with van der Waals surface area (Å²) in [5.41, 5.74) is 3.74. The van der Waals surface area contributed by atoms with E-state index in [-0.39, 0.29) is 10.8 Å². The zero-order chi connectivity index (χ0) is 11.4. The largest absolute Gasteiger partial charge is 0.379 e. The van der Waals surface area contributed by atoms with Crippen LogP contribution in [0.5, 0.6) is 0 Å². The molecule has 0 saturated carbocycles. The number of morpholine rings is 1. The van der Waals surface area contributed by atoms with Crippen molar-refractivity contribution in [2.45, 2.75) is 6.54 Å². The summed E-state index contributed by atoms with van der Waals surface area (Å²) in [6.45, 7) is 3.52. The topological polar surface area (TPSA) is 24.5 Å². The van der Waals surface area contributed by atoms with Crippen LogP contribution in [0.15, 0.2) is 18.2 Å². The molecule has 0 aliphatic carbocycles.